The predicted octanol–water partition coefficient (Wildman–Crippen LogP) is 5.67. The Labute approximate surface area is 491 Å². The van der Waals surface area contributed by atoms with E-state index in [1.54, 1.807) is 82.2 Å². The quantitative estimate of drug-likeness (QED) is 0.0873. The molecule has 2 aromatic rings. The standard InChI is InChI=1S/C16H23FN6O3.C12H17FN2O2.C10H16FNO3.C6H12NO3P.C4H6N4O.BH.U/c1-15(2,3)26-14(25)22-7-5-16(4-6-18,11(17)9-22)23-8-10(13(20)24)12(19)21-23;1-12(2,3)17-11(16)15-6-5-9(7-14-4)10(13)8-15;1-10(2,3)15-9(14)12-5-4-8(13)7(11)6-12;1-3-9-11(8,6-5-7)10-4-2;5-3-2(4(6)9)1-7-8-3;;/h8,11H,4-5,7,9H2,1-3H3,(H2,19,21)(H2,20,24);7,10H,5-6,8H2,1-3H3;7H,4-6H2,1-3H3;3-4,6H2,1-2H3;1H,(H2,6,9)(H3,5,7,8);1H;/b;9-7+;;;;;/i;;;;;1D;. The first-order chi connectivity index (χ1) is 37.0. The third-order valence-corrected chi connectivity index (χ3v) is 12.3. The molecule has 3 aliphatic rings. The SMILES string of the molecule is CC(C)(C)OC(=O)N1CCC(=O)C(F)C1.CC(C)(C)OC(=O)N1CCC(CC#N)(n2cc(C(N)=O)c(N)n2)C(F)C1.CCOP(=O)(CC#N)OCC.NC(=O)c1cn[nH]c1N.[2H][B].[C-]#[N+]/C=C1\CCN(C(=O)OC(C)(C)C)CC1F.[U]. The number of anilines is 2. The number of Topliss-reactive ketones (excluding diaryl/α,β-unsaturated/α-hetero) is 1. The number of nitrogens with zero attached hydrogens (tertiary/aromatic N) is 9. The van der Waals surface area contributed by atoms with Crippen molar-refractivity contribution in [1.29, 1.82) is 11.9 Å². The molecule has 4 unspecified atom stereocenters. The van der Waals surface area contributed by atoms with Crippen LogP contribution in [0.15, 0.2) is 24.2 Å². The number of aromatic amines is 1. The zero-order valence-electron chi connectivity index (χ0n) is 48.0. The first kappa shape index (κ1) is 73.7. The minimum Gasteiger partial charge on any atom is -0.444 e. The summed E-state index contributed by atoms with van der Waals surface area (Å²) < 4.78 is 84.7. The summed E-state index contributed by atoms with van der Waals surface area (Å²) in [5.41, 5.74) is 18.5. The van der Waals surface area contributed by atoms with E-state index < -0.39 is 84.3 Å². The van der Waals surface area contributed by atoms with E-state index >= 15 is 4.39 Å². The third-order valence-electron chi connectivity index (χ3n) is 10.5. The molecule has 3 saturated heterocycles. The molecule has 3 fully saturated rings. The van der Waals surface area contributed by atoms with Crippen LogP contribution in [0.2, 0.25) is 0 Å². The van der Waals surface area contributed by atoms with Gasteiger partial charge in [-0.1, -0.05) is 0 Å². The first-order valence-electron chi connectivity index (χ1n) is 24.9. The van der Waals surface area contributed by atoms with Gasteiger partial charge in [-0.05, 0) is 95.9 Å². The summed E-state index contributed by atoms with van der Waals surface area (Å²) >= 11 is 0. The number of hydrogen-bond donors (Lipinski definition) is 5. The van der Waals surface area contributed by atoms with Crippen molar-refractivity contribution in [2.24, 2.45) is 11.5 Å². The minimum atomic E-state index is -3.08. The van der Waals surface area contributed by atoms with Gasteiger partial charge in [0.15, 0.2) is 24.0 Å². The van der Waals surface area contributed by atoms with Crippen molar-refractivity contribution < 1.29 is 101 Å². The molecule has 9 N–H and O–H groups in total. The molecular weight excluding hydrogens is 1300 g/mol. The molecule has 4 atom stereocenters. The van der Waals surface area contributed by atoms with Gasteiger partial charge in [-0.15, -0.1) is 0 Å². The average molecular weight is 1380 g/mol. The molecule has 0 aliphatic carbocycles. The second-order valence-electron chi connectivity index (χ2n) is 20.2. The molecular formula is C48H75BF3N14O12PU. The summed E-state index contributed by atoms with van der Waals surface area (Å²) in [6.07, 6.45) is -2.16. The van der Waals surface area contributed by atoms with Gasteiger partial charge in [0.05, 0.1) is 64.2 Å². The van der Waals surface area contributed by atoms with Crippen LogP contribution in [0.3, 0.4) is 0 Å². The number of alkyl halides is 3. The van der Waals surface area contributed by atoms with Crippen molar-refractivity contribution in [3.8, 4) is 12.1 Å². The number of nitrogen functional groups attached to an aromatic ring is 2. The van der Waals surface area contributed by atoms with Crippen molar-refractivity contribution in [1.82, 2.24) is 34.7 Å². The third kappa shape index (κ3) is 25.9. The molecule has 442 valence electrons. The Morgan fingerprint density at radius 2 is 1.30 bits per heavy atom. The fourth-order valence-electron chi connectivity index (χ4n) is 6.84. The van der Waals surface area contributed by atoms with Gasteiger partial charge in [-0.25, -0.2) is 32.4 Å². The molecule has 32 heteroatoms. The van der Waals surface area contributed by atoms with Crippen LogP contribution in [0.25, 0.3) is 4.85 Å². The number of likely N-dealkylation sites (tertiary alicyclic amines) is 3. The van der Waals surface area contributed by atoms with E-state index in [-0.39, 0.29) is 112 Å². The van der Waals surface area contributed by atoms with Crippen LogP contribution in [0.5, 0.6) is 0 Å². The second kappa shape index (κ2) is 34.1. The molecule has 2 aromatic heterocycles. The molecule has 0 bridgehead atoms. The van der Waals surface area contributed by atoms with Gasteiger partial charge in [0.2, 0.25) is 0 Å². The smallest absolute Gasteiger partial charge is 0.410 e. The first-order valence-corrected chi connectivity index (χ1v) is 26.1. The van der Waals surface area contributed by atoms with Crippen molar-refractivity contribution in [3.05, 3.63) is 46.7 Å². The van der Waals surface area contributed by atoms with E-state index in [2.05, 4.69) is 28.5 Å². The van der Waals surface area contributed by atoms with Crippen molar-refractivity contribution in [3.63, 3.8) is 0 Å². The number of rotatable bonds is 9. The Morgan fingerprint density at radius 3 is 1.64 bits per heavy atom. The number of carbonyl (C=O) groups excluding carboxylic acids is 6. The molecule has 0 aromatic carbocycles. The zero-order chi connectivity index (χ0) is 62.0. The number of ether oxygens (including phenoxy) is 3. The number of nitrogens with two attached hydrogens (primary N) is 4. The summed E-state index contributed by atoms with van der Waals surface area (Å²) in [4.78, 5) is 74.9. The van der Waals surface area contributed by atoms with Crippen LogP contribution in [-0.2, 0) is 38.2 Å². The van der Waals surface area contributed by atoms with E-state index in [4.69, 9.17) is 59.4 Å². The fraction of sp³-hybridized carbons (Fsp3) is 0.646. The summed E-state index contributed by atoms with van der Waals surface area (Å²) in [5, 5.41) is 27.3. The van der Waals surface area contributed by atoms with E-state index in [1.165, 1.54) is 38.0 Å². The monoisotopic (exact) mass is 1380 g/mol. The Hall–Kier alpha value is -6.29. The molecule has 5 amide bonds. The molecule has 80 heavy (non-hydrogen) atoms. The van der Waals surface area contributed by atoms with Crippen LogP contribution in [0, 0.1) is 60.3 Å². The molecule has 0 saturated carbocycles. The normalized spacial score (nSPS) is 19.5. The molecule has 3 aliphatic heterocycles. The maximum atomic E-state index is 15.1. The summed E-state index contributed by atoms with van der Waals surface area (Å²) in [5.74, 6) is -1.71. The van der Waals surface area contributed by atoms with Crippen LogP contribution in [0.4, 0.5) is 39.2 Å². The Morgan fingerprint density at radius 1 is 0.838 bits per heavy atom. The number of nitrogens with one attached hydrogen (secondary N) is 1. The topological polar surface area (TPSA) is 378 Å². The number of aromatic nitrogens is 4. The fourth-order valence-corrected chi connectivity index (χ4v) is 8.05. The van der Waals surface area contributed by atoms with Crippen LogP contribution in [0.1, 0.15) is 123 Å². The van der Waals surface area contributed by atoms with E-state index in [9.17, 15) is 47.4 Å². The van der Waals surface area contributed by atoms with Gasteiger partial charge in [-0.2, -0.15) is 20.7 Å². The zero-order valence-corrected chi connectivity index (χ0v) is 52.1. The van der Waals surface area contributed by atoms with Gasteiger partial charge < -0.3 is 60.9 Å². The predicted molar refractivity (Wildman–Crippen MR) is 285 cm³/mol. The van der Waals surface area contributed by atoms with Crippen molar-refractivity contribution >= 4 is 63.5 Å². The molecule has 5 heterocycles. The Kier molecular flexibility index (Phi) is 31.4. The van der Waals surface area contributed by atoms with Crippen LogP contribution < -0.4 is 22.9 Å². The van der Waals surface area contributed by atoms with Crippen LogP contribution in [-0.4, -0.2) is 174 Å². The summed E-state index contributed by atoms with van der Waals surface area (Å²) in [6, 6.07) is 3.72. The van der Waals surface area contributed by atoms with Crippen molar-refractivity contribution in [2.75, 3.05) is 70.1 Å². The molecule has 5 rings (SSSR count). The number of H-pyrrole nitrogens is 1. The number of nitriles is 2. The minimum absolute atomic E-state index is 0. The second-order valence-corrected chi connectivity index (χ2v) is 22.3. The number of hydrogen-bond acceptors (Lipinski definition) is 18. The van der Waals surface area contributed by atoms with E-state index in [1.807, 2.05) is 6.07 Å². The number of amides is 5. The Bertz CT molecular complexity index is 2590. The number of ketones is 1. The largest absolute Gasteiger partial charge is 0.444 e. The average Bonchev–Trinajstić information content (AvgIpc) is 3.97. The molecule has 0 spiro atoms. The van der Waals surface area contributed by atoms with Gasteiger partial charge in [-0.3, -0.25) is 28.7 Å². The van der Waals surface area contributed by atoms with Crippen LogP contribution >= 0.6 is 7.60 Å². The number of carbonyl (C=O) groups is 6. The summed E-state index contributed by atoms with van der Waals surface area (Å²) in [7, 11) is 0.670. The molecule has 26 nitrogen and oxygen atoms in total. The maximum Gasteiger partial charge on any atom is 0.410 e. The Balaban J connectivity index is 0. The van der Waals surface area contributed by atoms with E-state index in [0.717, 1.165) is 0 Å². The van der Waals surface area contributed by atoms with Gasteiger partial charge in [0.1, 0.15) is 57.8 Å². The molecule has 2 radical (unpaired) electrons. The number of primary amides is 2. The number of piperidine rings is 3. The van der Waals surface area contributed by atoms with Gasteiger partial charge in [0, 0.05) is 71.7 Å². The van der Waals surface area contributed by atoms with E-state index in [0.29, 0.717) is 31.8 Å². The van der Waals surface area contributed by atoms with Gasteiger partial charge in [0.25, 0.3) is 11.8 Å². The maximum absolute atomic E-state index is 15.1. The number of halogens is 3. The van der Waals surface area contributed by atoms with Crippen molar-refractivity contribution in [2.45, 2.75) is 143 Å². The van der Waals surface area contributed by atoms with Gasteiger partial charge >= 0.3 is 25.9 Å². The summed E-state index contributed by atoms with van der Waals surface area (Å²) in [6.45, 7) is 26.7.